The second kappa shape index (κ2) is 5.46. The molecule has 21 heavy (non-hydrogen) atoms. The lowest BCUT2D eigenvalue weighted by Crippen LogP contribution is -2.00. The number of nitrogens with zero attached hydrogens (tertiary/aromatic N) is 2. The van der Waals surface area contributed by atoms with E-state index in [0.717, 1.165) is 11.1 Å². The summed E-state index contributed by atoms with van der Waals surface area (Å²) >= 11 is 0. The van der Waals surface area contributed by atoms with Crippen molar-refractivity contribution in [2.24, 2.45) is 0 Å². The largest absolute Gasteiger partial charge is 0.378 e. The highest BCUT2D eigenvalue weighted by Gasteiger charge is 2.18. The van der Waals surface area contributed by atoms with Crippen molar-refractivity contribution in [1.29, 1.82) is 0 Å². The zero-order chi connectivity index (χ0) is 14.8. The molecule has 1 atom stereocenters. The molecular formula is C16H13FN2O2. The number of aliphatic hydroxyl groups is 1. The molecule has 0 aliphatic carbocycles. The number of aliphatic hydroxyl groups excluding tert-OH is 1. The van der Waals surface area contributed by atoms with Gasteiger partial charge in [0.15, 0.2) is 6.10 Å². The Morgan fingerprint density at radius 3 is 2.38 bits per heavy atom. The second-order valence-electron chi connectivity index (χ2n) is 4.78. The average molecular weight is 284 g/mol. The maximum absolute atomic E-state index is 12.9. The van der Waals surface area contributed by atoms with Crippen LogP contribution >= 0.6 is 0 Å². The molecule has 0 aliphatic rings. The molecule has 0 fully saturated rings. The molecule has 0 amide bonds. The molecular weight excluding hydrogens is 271 g/mol. The molecule has 1 N–H and O–H groups in total. The van der Waals surface area contributed by atoms with Gasteiger partial charge in [-0.3, -0.25) is 0 Å². The minimum atomic E-state index is -1.07. The van der Waals surface area contributed by atoms with Crippen LogP contribution in [0.2, 0.25) is 0 Å². The van der Waals surface area contributed by atoms with Crippen LogP contribution in [0.4, 0.5) is 4.39 Å². The van der Waals surface area contributed by atoms with E-state index in [9.17, 15) is 9.50 Å². The summed E-state index contributed by atoms with van der Waals surface area (Å²) in [4.78, 5) is 4.19. The van der Waals surface area contributed by atoms with Crippen molar-refractivity contribution in [1.82, 2.24) is 10.1 Å². The van der Waals surface area contributed by atoms with E-state index in [0.29, 0.717) is 11.4 Å². The molecule has 0 saturated heterocycles. The van der Waals surface area contributed by atoms with E-state index in [1.165, 1.54) is 24.3 Å². The molecule has 106 valence electrons. The Bertz CT molecular complexity index is 736. The number of rotatable bonds is 3. The van der Waals surface area contributed by atoms with E-state index in [1.54, 1.807) is 0 Å². The number of aryl methyl sites for hydroxylation is 1. The molecule has 0 radical (unpaired) electrons. The van der Waals surface area contributed by atoms with Crippen LogP contribution in [0.15, 0.2) is 53.1 Å². The molecule has 0 unspecified atom stereocenters. The molecule has 3 rings (SSSR count). The zero-order valence-corrected chi connectivity index (χ0v) is 11.3. The van der Waals surface area contributed by atoms with E-state index in [-0.39, 0.29) is 11.7 Å². The van der Waals surface area contributed by atoms with Gasteiger partial charge in [-0.05, 0) is 24.6 Å². The van der Waals surface area contributed by atoms with Gasteiger partial charge in [0.25, 0.3) is 5.89 Å². The van der Waals surface area contributed by atoms with Crippen molar-refractivity contribution < 1.29 is 14.0 Å². The van der Waals surface area contributed by atoms with E-state index in [4.69, 9.17) is 4.52 Å². The Hall–Kier alpha value is -2.53. The van der Waals surface area contributed by atoms with E-state index >= 15 is 0 Å². The van der Waals surface area contributed by atoms with Gasteiger partial charge in [-0.2, -0.15) is 4.98 Å². The van der Waals surface area contributed by atoms with Crippen LogP contribution in [-0.4, -0.2) is 15.2 Å². The lowest BCUT2D eigenvalue weighted by molar-refractivity contribution is 0.170. The third-order valence-corrected chi connectivity index (χ3v) is 3.17. The Kier molecular flexibility index (Phi) is 3.50. The molecule has 0 bridgehead atoms. The molecule has 5 heteroatoms. The van der Waals surface area contributed by atoms with Gasteiger partial charge < -0.3 is 9.63 Å². The molecule has 4 nitrogen and oxygen atoms in total. The van der Waals surface area contributed by atoms with Crippen molar-refractivity contribution in [3.05, 3.63) is 71.4 Å². The van der Waals surface area contributed by atoms with Gasteiger partial charge in [-0.25, -0.2) is 4.39 Å². The highest BCUT2D eigenvalue weighted by molar-refractivity contribution is 5.54. The summed E-state index contributed by atoms with van der Waals surface area (Å²) in [6, 6.07) is 13.2. The summed E-state index contributed by atoms with van der Waals surface area (Å²) in [7, 11) is 0. The van der Waals surface area contributed by atoms with Crippen molar-refractivity contribution in [3.8, 4) is 11.4 Å². The molecule has 1 aromatic heterocycles. The summed E-state index contributed by atoms with van der Waals surface area (Å²) < 4.78 is 18.0. The number of halogens is 1. The first-order chi connectivity index (χ1) is 10.1. The topological polar surface area (TPSA) is 59.2 Å². The first-order valence-corrected chi connectivity index (χ1v) is 6.47. The maximum Gasteiger partial charge on any atom is 0.260 e. The Morgan fingerprint density at radius 1 is 1.05 bits per heavy atom. The summed E-state index contributed by atoms with van der Waals surface area (Å²) in [6.07, 6.45) is -1.07. The van der Waals surface area contributed by atoms with Gasteiger partial charge in [0.05, 0.1) is 0 Å². The monoisotopic (exact) mass is 284 g/mol. The highest BCUT2D eigenvalue weighted by Crippen LogP contribution is 2.23. The minimum absolute atomic E-state index is 0.0807. The smallest absolute Gasteiger partial charge is 0.260 e. The number of benzene rings is 2. The van der Waals surface area contributed by atoms with E-state index < -0.39 is 6.10 Å². The molecule has 2 aromatic carbocycles. The highest BCUT2D eigenvalue weighted by atomic mass is 19.1. The van der Waals surface area contributed by atoms with Crippen molar-refractivity contribution >= 4 is 0 Å². The molecule has 0 spiro atoms. The Balaban J connectivity index is 1.87. The van der Waals surface area contributed by atoms with E-state index in [1.807, 2.05) is 31.2 Å². The molecule has 0 aliphatic heterocycles. The predicted octanol–water partition coefficient (Wildman–Crippen LogP) is 3.27. The van der Waals surface area contributed by atoms with Crippen molar-refractivity contribution in [2.75, 3.05) is 0 Å². The van der Waals surface area contributed by atoms with Crippen LogP contribution in [0, 0.1) is 12.7 Å². The van der Waals surface area contributed by atoms with Crippen molar-refractivity contribution in [3.63, 3.8) is 0 Å². The fourth-order valence-corrected chi connectivity index (χ4v) is 1.95. The van der Waals surface area contributed by atoms with Crippen molar-refractivity contribution in [2.45, 2.75) is 13.0 Å². The number of aromatic nitrogens is 2. The summed E-state index contributed by atoms with van der Waals surface area (Å²) in [5.74, 6) is 0.125. The standard InChI is InChI=1S/C16H13FN2O2/c1-10-2-4-12(5-3-10)15-18-16(21-19-15)14(20)11-6-8-13(17)9-7-11/h2-9,14,20H,1H3/t14-/m0/s1. The average Bonchev–Trinajstić information content (AvgIpc) is 2.98. The summed E-state index contributed by atoms with van der Waals surface area (Å²) in [5.41, 5.74) is 2.44. The molecule has 0 saturated carbocycles. The normalized spacial score (nSPS) is 12.3. The Morgan fingerprint density at radius 2 is 1.71 bits per heavy atom. The molecule has 3 aromatic rings. The van der Waals surface area contributed by atoms with E-state index in [2.05, 4.69) is 10.1 Å². The zero-order valence-electron chi connectivity index (χ0n) is 11.3. The summed E-state index contributed by atoms with van der Waals surface area (Å²) in [6.45, 7) is 1.99. The van der Waals surface area contributed by atoms with Gasteiger partial charge in [-0.15, -0.1) is 0 Å². The fourth-order valence-electron chi connectivity index (χ4n) is 1.95. The van der Waals surface area contributed by atoms with Gasteiger partial charge >= 0.3 is 0 Å². The lowest BCUT2D eigenvalue weighted by atomic mass is 10.1. The van der Waals surface area contributed by atoms with Crippen LogP contribution in [0.1, 0.15) is 23.1 Å². The second-order valence-corrected chi connectivity index (χ2v) is 4.78. The fraction of sp³-hybridized carbons (Fsp3) is 0.125. The quantitative estimate of drug-likeness (QED) is 0.802. The first-order valence-electron chi connectivity index (χ1n) is 6.47. The summed E-state index contributed by atoms with van der Waals surface area (Å²) in [5, 5.41) is 14.0. The third kappa shape index (κ3) is 2.83. The SMILES string of the molecule is Cc1ccc(-c2noc([C@@H](O)c3ccc(F)cc3)n2)cc1. The van der Waals surface area contributed by atoms with Crippen LogP contribution in [0.25, 0.3) is 11.4 Å². The third-order valence-electron chi connectivity index (χ3n) is 3.17. The van der Waals surface area contributed by atoms with Gasteiger partial charge in [-0.1, -0.05) is 47.1 Å². The Labute approximate surface area is 120 Å². The lowest BCUT2D eigenvalue weighted by Gasteiger charge is -2.05. The van der Waals surface area contributed by atoms with Gasteiger partial charge in [0, 0.05) is 5.56 Å². The van der Waals surface area contributed by atoms with Crippen LogP contribution in [0.3, 0.4) is 0 Å². The van der Waals surface area contributed by atoms with Crippen LogP contribution in [-0.2, 0) is 0 Å². The van der Waals surface area contributed by atoms with Gasteiger partial charge in [0.2, 0.25) is 5.82 Å². The molecule has 1 heterocycles. The van der Waals surface area contributed by atoms with Gasteiger partial charge in [0.1, 0.15) is 5.82 Å². The maximum atomic E-state index is 12.9. The number of hydrogen-bond donors (Lipinski definition) is 1. The minimum Gasteiger partial charge on any atom is -0.378 e. The van der Waals surface area contributed by atoms with Crippen LogP contribution < -0.4 is 0 Å². The number of hydrogen-bond acceptors (Lipinski definition) is 4. The predicted molar refractivity (Wildman–Crippen MR) is 74.9 cm³/mol. The van der Waals surface area contributed by atoms with Crippen LogP contribution in [0.5, 0.6) is 0 Å². The first kappa shape index (κ1) is 13.5.